The van der Waals surface area contributed by atoms with Gasteiger partial charge >= 0.3 is 0 Å². The summed E-state index contributed by atoms with van der Waals surface area (Å²) >= 11 is 0. The molecule has 1 rings (SSSR count). The third-order valence-corrected chi connectivity index (χ3v) is 3.61. The minimum atomic E-state index is 0.503. The Morgan fingerprint density at radius 1 is 1.15 bits per heavy atom. The van der Waals surface area contributed by atoms with Gasteiger partial charge in [-0.1, -0.05) is 26.0 Å². The van der Waals surface area contributed by atoms with Gasteiger partial charge in [0.15, 0.2) is 0 Å². The van der Waals surface area contributed by atoms with E-state index >= 15 is 0 Å². The number of hydrogen-bond acceptors (Lipinski definition) is 3. The fourth-order valence-corrected chi connectivity index (χ4v) is 2.40. The monoisotopic (exact) mass is 278 g/mol. The number of benzene rings is 1. The molecule has 0 aromatic heterocycles. The van der Waals surface area contributed by atoms with Gasteiger partial charge in [-0.05, 0) is 50.6 Å². The quantitative estimate of drug-likeness (QED) is 0.712. The predicted molar refractivity (Wildman–Crippen MR) is 86.6 cm³/mol. The summed E-state index contributed by atoms with van der Waals surface area (Å²) in [6, 6.07) is 8.85. The number of nitrogens with one attached hydrogen (secondary N) is 1. The summed E-state index contributed by atoms with van der Waals surface area (Å²) in [5.41, 5.74) is 1.35. The van der Waals surface area contributed by atoms with Gasteiger partial charge < -0.3 is 15.0 Å². The standard InChI is InChI=1S/C17H30N2O/c1-5-12-19(6-2)13-11-18-15(3)14-16-7-9-17(20-4)10-8-16/h7-10,15,18H,5-6,11-14H2,1-4H3. The molecule has 0 heterocycles. The van der Waals surface area contributed by atoms with E-state index in [4.69, 9.17) is 4.74 Å². The molecule has 0 spiro atoms. The summed E-state index contributed by atoms with van der Waals surface area (Å²) in [6.45, 7) is 11.3. The maximum absolute atomic E-state index is 5.18. The lowest BCUT2D eigenvalue weighted by Gasteiger charge is -2.21. The van der Waals surface area contributed by atoms with Crippen LogP contribution in [-0.2, 0) is 6.42 Å². The maximum Gasteiger partial charge on any atom is 0.118 e. The first-order valence-electron chi connectivity index (χ1n) is 7.78. The van der Waals surface area contributed by atoms with Crippen LogP contribution in [0.4, 0.5) is 0 Å². The van der Waals surface area contributed by atoms with Gasteiger partial charge in [0.1, 0.15) is 5.75 Å². The average molecular weight is 278 g/mol. The molecule has 0 bridgehead atoms. The number of ether oxygens (including phenoxy) is 1. The van der Waals surface area contributed by atoms with Gasteiger partial charge in [-0.25, -0.2) is 0 Å². The van der Waals surface area contributed by atoms with E-state index in [1.165, 1.54) is 18.5 Å². The molecule has 1 unspecified atom stereocenters. The van der Waals surface area contributed by atoms with Crippen molar-refractivity contribution in [2.24, 2.45) is 0 Å². The zero-order valence-electron chi connectivity index (χ0n) is 13.5. The normalized spacial score (nSPS) is 12.7. The summed E-state index contributed by atoms with van der Waals surface area (Å²) in [4.78, 5) is 2.49. The predicted octanol–water partition coefficient (Wildman–Crippen LogP) is 2.95. The highest BCUT2D eigenvalue weighted by Crippen LogP contribution is 2.12. The summed E-state index contributed by atoms with van der Waals surface area (Å²) in [7, 11) is 1.70. The van der Waals surface area contributed by atoms with Gasteiger partial charge in [0, 0.05) is 19.1 Å². The number of rotatable bonds is 10. The number of nitrogens with zero attached hydrogens (tertiary/aromatic N) is 1. The molecule has 1 aromatic rings. The lowest BCUT2D eigenvalue weighted by Crippen LogP contribution is -2.37. The number of likely N-dealkylation sites (N-methyl/N-ethyl adjacent to an activating group) is 1. The van der Waals surface area contributed by atoms with Crippen LogP contribution in [0.2, 0.25) is 0 Å². The van der Waals surface area contributed by atoms with Crippen LogP contribution in [0.3, 0.4) is 0 Å². The molecule has 0 aliphatic heterocycles. The van der Waals surface area contributed by atoms with E-state index in [1.54, 1.807) is 7.11 Å². The van der Waals surface area contributed by atoms with Crippen molar-refractivity contribution in [3.63, 3.8) is 0 Å². The van der Waals surface area contributed by atoms with E-state index in [-0.39, 0.29) is 0 Å². The van der Waals surface area contributed by atoms with Crippen LogP contribution < -0.4 is 10.1 Å². The molecule has 1 atom stereocenters. The van der Waals surface area contributed by atoms with Crippen LogP contribution in [-0.4, -0.2) is 44.2 Å². The minimum Gasteiger partial charge on any atom is -0.497 e. The fraction of sp³-hybridized carbons (Fsp3) is 0.647. The van der Waals surface area contributed by atoms with E-state index in [2.05, 4.69) is 43.1 Å². The minimum absolute atomic E-state index is 0.503. The molecule has 3 heteroatoms. The highest BCUT2D eigenvalue weighted by molar-refractivity contribution is 5.27. The molecule has 1 N–H and O–H groups in total. The smallest absolute Gasteiger partial charge is 0.118 e. The highest BCUT2D eigenvalue weighted by Gasteiger charge is 2.05. The first kappa shape index (κ1) is 17.0. The second-order valence-corrected chi connectivity index (χ2v) is 5.34. The largest absolute Gasteiger partial charge is 0.497 e. The fourth-order valence-electron chi connectivity index (χ4n) is 2.40. The molecule has 0 aliphatic carbocycles. The third kappa shape index (κ3) is 6.40. The van der Waals surface area contributed by atoms with Gasteiger partial charge in [0.25, 0.3) is 0 Å². The van der Waals surface area contributed by atoms with Crippen LogP contribution in [0.15, 0.2) is 24.3 Å². The lowest BCUT2D eigenvalue weighted by molar-refractivity contribution is 0.283. The molecule has 114 valence electrons. The summed E-state index contributed by atoms with van der Waals surface area (Å²) in [6.07, 6.45) is 2.29. The van der Waals surface area contributed by atoms with Crippen molar-refractivity contribution in [2.75, 3.05) is 33.3 Å². The van der Waals surface area contributed by atoms with Crippen molar-refractivity contribution in [1.29, 1.82) is 0 Å². The second kappa shape index (κ2) is 9.78. The van der Waals surface area contributed by atoms with Crippen LogP contribution in [0, 0.1) is 0 Å². The molecule has 0 saturated heterocycles. The first-order valence-corrected chi connectivity index (χ1v) is 7.78. The Morgan fingerprint density at radius 3 is 2.40 bits per heavy atom. The SMILES string of the molecule is CCCN(CC)CCNC(C)Cc1ccc(OC)cc1. The topological polar surface area (TPSA) is 24.5 Å². The van der Waals surface area contributed by atoms with Crippen LogP contribution in [0.25, 0.3) is 0 Å². The molecule has 0 radical (unpaired) electrons. The van der Waals surface area contributed by atoms with E-state index in [0.29, 0.717) is 6.04 Å². The Hall–Kier alpha value is -1.06. The summed E-state index contributed by atoms with van der Waals surface area (Å²) in [5, 5.41) is 3.61. The van der Waals surface area contributed by atoms with E-state index in [9.17, 15) is 0 Å². The van der Waals surface area contributed by atoms with Gasteiger partial charge in [0.2, 0.25) is 0 Å². The van der Waals surface area contributed by atoms with Gasteiger partial charge in [-0.3, -0.25) is 0 Å². The molecular formula is C17H30N2O. The van der Waals surface area contributed by atoms with Crippen molar-refractivity contribution in [2.45, 2.75) is 39.7 Å². The molecular weight excluding hydrogens is 248 g/mol. The van der Waals surface area contributed by atoms with E-state index in [0.717, 1.165) is 31.8 Å². The van der Waals surface area contributed by atoms with Crippen molar-refractivity contribution in [3.05, 3.63) is 29.8 Å². The maximum atomic E-state index is 5.18. The van der Waals surface area contributed by atoms with Crippen LogP contribution in [0.1, 0.15) is 32.8 Å². The first-order chi connectivity index (χ1) is 9.69. The van der Waals surface area contributed by atoms with Gasteiger partial charge in [0.05, 0.1) is 7.11 Å². The molecule has 20 heavy (non-hydrogen) atoms. The Balaban J connectivity index is 2.26. The van der Waals surface area contributed by atoms with Crippen molar-refractivity contribution in [3.8, 4) is 5.75 Å². The Labute approximate surface area is 124 Å². The molecule has 0 amide bonds. The lowest BCUT2D eigenvalue weighted by atomic mass is 10.1. The zero-order chi connectivity index (χ0) is 14.8. The number of hydrogen-bond donors (Lipinski definition) is 1. The zero-order valence-corrected chi connectivity index (χ0v) is 13.5. The Bertz CT molecular complexity index is 351. The Kier molecular flexibility index (Phi) is 8.31. The summed E-state index contributed by atoms with van der Waals surface area (Å²) in [5.74, 6) is 0.924. The van der Waals surface area contributed by atoms with Gasteiger partial charge in [-0.15, -0.1) is 0 Å². The van der Waals surface area contributed by atoms with Crippen molar-refractivity contribution in [1.82, 2.24) is 10.2 Å². The Morgan fingerprint density at radius 2 is 1.85 bits per heavy atom. The third-order valence-electron chi connectivity index (χ3n) is 3.61. The van der Waals surface area contributed by atoms with Crippen molar-refractivity contribution >= 4 is 0 Å². The summed E-state index contributed by atoms with van der Waals surface area (Å²) < 4.78 is 5.18. The highest BCUT2D eigenvalue weighted by atomic mass is 16.5. The molecule has 3 nitrogen and oxygen atoms in total. The van der Waals surface area contributed by atoms with E-state index in [1.807, 2.05) is 12.1 Å². The molecule has 0 saturated carbocycles. The average Bonchev–Trinajstić information content (AvgIpc) is 2.47. The molecule has 0 aliphatic rings. The number of methoxy groups -OCH3 is 1. The molecule has 1 aromatic carbocycles. The molecule has 0 fully saturated rings. The van der Waals surface area contributed by atoms with Crippen LogP contribution in [0.5, 0.6) is 5.75 Å². The van der Waals surface area contributed by atoms with Crippen molar-refractivity contribution < 1.29 is 4.74 Å². The van der Waals surface area contributed by atoms with Crippen LogP contribution >= 0.6 is 0 Å². The van der Waals surface area contributed by atoms with Gasteiger partial charge in [-0.2, -0.15) is 0 Å². The van der Waals surface area contributed by atoms with E-state index < -0.39 is 0 Å². The second-order valence-electron chi connectivity index (χ2n) is 5.34.